The summed E-state index contributed by atoms with van der Waals surface area (Å²) < 4.78 is 22.5. The van der Waals surface area contributed by atoms with Crippen LogP contribution in [0.3, 0.4) is 0 Å². The van der Waals surface area contributed by atoms with E-state index in [2.05, 4.69) is 0 Å². The number of carbonyl (C=O) groups excluding carboxylic acids is 1. The van der Waals surface area contributed by atoms with Crippen LogP contribution in [0.1, 0.15) is 27.7 Å². The van der Waals surface area contributed by atoms with Gasteiger partial charge in [0.1, 0.15) is 18.3 Å². The molecule has 0 aromatic heterocycles. The summed E-state index contributed by atoms with van der Waals surface area (Å²) in [6.07, 6.45) is 0.792. The Balaban J connectivity index is 2.01. The smallest absolute Gasteiger partial charge is 0.190 e. The van der Waals surface area contributed by atoms with Crippen molar-refractivity contribution in [1.29, 1.82) is 0 Å². The van der Waals surface area contributed by atoms with Gasteiger partial charge in [0.05, 0.1) is 6.61 Å². The Kier molecular flexibility index (Phi) is 3.87. The Morgan fingerprint density at radius 1 is 1.33 bits per heavy atom. The number of hydrogen-bond donors (Lipinski definition) is 0. The van der Waals surface area contributed by atoms with Gasteiger partial charge in [-0.15, -0.1) is 0 Å². The average Bonchev–Trinajstić information content (AvgIpc) is 2.71. The summed E-state index contributed by atoms with van der Waals surface area (Å²) in [5.41, 5.74) is 1.16. The Morgan fingerprint density at radius 3 is 2.67 bits per heavy atom. The third-order valence-electron chi connectivity index (χ3n) is 2.94. The van der Waals surface area contributed by atoms with Gasteiger partial charge < -0.3 is 23.7 Å². The second kappa shape index (κ2) is 5.09. The van der Waals surface area contributed by atoms with Crippen molar-refractivity contribution < 1.29 is 23.7 Å². The summed E-state index contributed by atoms with van der Waals surface area (Å²) in [6.45, 7) is 8.06. The summed E-state index contributed by atoms with van der Waals surface area (Å²) in [7, 11) is 0. The highest BCUT2D eigenvalue weighted by Crippen LogP contribution is 2.38. The SMILES string of the molecule is CC(C)=CCO[C@@H]1[C@@H]2OC(C)(C)O[C@@H]2O[C@H]1C=O. The molecule has 0 aliphatic carbocycles. The molecule has 2 heterocycles. The van der Waals surface area contributed by atoms with Crippen molar-refractivity contribution in [3.63, 3.8) is 0 Å². The van der Waals surface area contributed by atoms with Crippen LogP contribution in [0.25, 0.3) is 0 Å². The molecule has 0 spiro atoms. The minimum absolute atomic E-state index is 0.347. The van der Waals surface area contributed by atoms with Crippen LogP contribution in [0, 0.1) is 0 Å². The number of rotatable bonds is 4. The molecular weight excluding hydrogens is 236 g/mol. The van der Waals surface area contributed by atoms with Crippen molar-refractivity contribution in [2.24, 2.45) is 0 Å². The third kappa shape index (κ3) is 2.80. The van der Waals surface area contributed by atoms with E-state index in [4.69, 9.17) is 18.9 Å². The number of allylic oxidation sites excluding steroid dienone is 1. The Morgan fingerprint density at radius 2 is 2.06 bits per heavy atom. The highest BCUT2D eigenvalue weighted by Gasteiger charge is 2.55. The number of hydrogen-bond acceptors (Lipinski definition) is 5. The predicted octanol–water partition coefficient (Wildman–Crippen LogP) is 1.41. The molecule has 0 unspecified atom stereocenters. The number of ether oxygens (including phenoxy) is 4. The molecule has 0 radical (unpaired) electrons. The van der Waals surface area contributed by atoms with E-state index in [1.165, 1.54) is 0 Å². The topological polar surface area (TPSA) is 54.0 Å². The first-order valence-corrected chi connectivity index (χ1v) is 6.14. The minimum atomic E-state index is -0.693. The number of carbonyl (C=O) groups is 1. The monoisotopic (exact) mass is 256 g/mol. The van der Waals surface area contributed by atoms with E-state index in [1.54, 1.807) is 0 Å². The molecule has 0 aromatic carbocycles. The van der Waals surface area contributed by atoms with Crippen LogP contribution in [0.2, 0.25) is 0 Å². The molecule has 5 heteroatoms. The van der Waals surface area contributed by atoms with Crippen LogP contribution in [-0.2, 0) is 23.7 Å². The highest BCUT2D eigenvalue weighted by molar-refractivity contribution is 5.58. The second-order valence-corrected chi connectivity index (χ2v) is 5.28. The third-order valence-corrected chi connectivity index (χ3v) is 2.94. The summed E-state index contributed by atoms with van der Waals surface area (Å²) in [5.74, 6) is -0.693. The zero-order valence-corrected chi connectivity index (χ0v) is 11.2. The Hall–Kier alpha value is -0.750. The van der Waals surface area contributed by atoms with E-state index < -0.39 is 24.3 Å². The van der Waals surface area contributed by atoms with Crippen LogP contribution in [0.15, 0.2) is 11.6 Å². The standard InChI is InChI=1S/C13H20O5/c1-8(2)5-6-15-10-9(7-14)16-12-11(10)17-13(3,4)18-12/h5,7,9-12H,6H2,1-4H3/t9-,10-,11-,12-/m0/s1. The second-order valence-electron chi connectivity index (χ2n) is 5.28. The van der Waals surface area contributed by atoms with Gasteiger partial charge in [-0.3, -0.25) is 0 Å². The van der Waals surface area contributed by atoms with Crippen LogP contribution >= 0.6 is 0 Å². The molecule has 102 valence electrons. The van der Waals surface area contributed by atoms with Crippen LogP contribution < -0.4 is 0 Å². The summed E-state index contributed by atoms with van der Waals surface area (Å²) in [4.78, 5) is 11.0. The molecule has 2 saturated heterocycles. The largest absolute Gasteiger partial charge is 0.368 e. The first-order valence-electron chi connectivity index (χ1n) is 6.14. The van der Waals surface area contributed by atoms with Crippen LogP contribution in [0.4, 0.5) is 0 Å². The van der Waals surface area contributed by atoms with Gasteiger partial charge in [0.2, 0.25) is 0 Å². The van der Waals surface area contributed by atoms with Crippen molar-refractivity contribution in [2.75, 3.05) is 6.61 Å². The van der Waals surface area contributed by atoms with Crippen molar-refractivity contribution in [1.82, 2.24) is 0 Å². The fraction of sp³-hybridized carbons (Fsp3) is 0.769. The summed E-state index contributed by atoms with van der Waals surface area (Å²) >= 11 is 0. The normalized spacial score (nSPS) is 37.3. The lowest BCUT2D eigenvalue weighted by molar-refractivity contribution is -0.214. The molecule has 2 rings (SSSR count). The van der Waals surface area contributed by atoms with Gasteiger partial charge in [-0.1, -0.05) is 11.6 Å². The maximum Gasteiger partial charge on any atom is 0.190 e. The van der Waals surface area contributed by atoms with Crippen molar-refractivity contribution >= 4 is 6.29 Å². The van der Waals surface area contributed by atoms with Crippen molar-refractivity contribution in [2.45, 2.75) is 58.1 Å². The maximum absolute atomic E-state index is 11.0. The molecule has 0 saturated carbocycles. The van der Waals surface area contributed by atoms with E-state index >= 15 is 0 Å². The average molecular weight is 256 g/mol. The quantitative estimate of drug-likeness (QED) is 0.562. The van der Waals surface area contributed by atoms with Gasteiger partial charge in [-0.2, -0.15) is 0 Å². The molecule has 0 bridgehead atoms. The lowest BCUT2D eigenvalue weighted by atomic mass is 10.1. The molecular formula is C13H20O5. The highest BCUT2D eigenvalue weighted by atomic mass is 16.8. The number of aldehydes is 1. The van der Waals surface area contributed by atoms with Crippen molar-refractivity contribution in [3.05, 3.63) is 11.6 Å². The van der Waals surface area contributed by atoms with Crippen molar-refractivity contribution in [3.8, 4) is 0 Å². The summed E-state index contributed by atoms with van der Waals surface area (Å²) in [6, 6.07) is 0. The van der Waals surface area contributed by atoms with Crippen LogP contribution in [-0.4, -0.2) is 43.3 Å². The minimum Gasteiger partial charge on any atom is -0.368 e. The molecule has 18 heavy (non-hydrogen) atoms. The lowest BCUT2D eigenvalue weighted by Gasteiger charge is -2.23. The Labute approximate surface area is 107 Å². The molecule has 2 aliphatic rings. The predicted molar refractivity (Wildman–Crippen MR) is 63.9 cm³/mol. The molecule has 0 N–H and O–H groups in total. The fourth-order valence-corrected chi connectivity index (χ4v) is 2.13. The molecule has 4 atom stereocenters. The van der Waals surface area contributed by atoms with E-state index in [0.717, 1.165) is 11.9 Å². The maximum atomic E-state index is 11.0. The van der Waals surface area contributed by atoms with E-state index in [1.807, 2.05) is 33.8 Å². The van der Waals surface area contributed by atoms with Gasteiger partial charge in [0.15, 0.2) is 18.4 Å². The molecule has 0 amide bonds. The van der Waals surface area contributed by atoms with Gasteiger partial charge in [-0.05, 0) is 27.7 Å². The van der Waals surface area contributed by atoms with E-state index in [9.17, 15) is 4.79 Å². The zero-order valence-electron chi connectivity index (χ0n) is 11.2. The zero-order chi connectivity index (χ0) is 13.3. The lowest BCUT2D eigenvalue weighted by Crippen LogP contribution is -2.37. The molecule has 0 aromatic rings. The fourth-order valence-electron chi connectivity index (χ4n) is 2.13. The summed E-state index contributed by atoms with van der Waals surface area (Å²) in [5, 5.41) is 0. The Bertz CT molecular complexity index is 345. The molecule has 2 aliphatic heterocycles. The molecule has 2 fully saturated rings. The van der Waals surface area contributed by atoms with Crippen LogP contribution in [0.5, 0.6) is 0 Å². The van der Waals surface area contributed by atoms with Gasteiger partial charge in [0, 0.05) is 0 Å². The first-order chi connectivity index (χ1) is 8.43. The van der Waals surface area contributed by atoms with E-state index in [-0.39, 0.29) is 6.10 Å². The van der Waals surface area contributed by atoms with Gasteiger partial charge in [0.25, 0.3) is 0 Å². The molecule has 5 nitrogen and oxygen atoms in total. The first kappa shape index (κ1) is 13.7. The number of fused-ring (bicyclic) bond motifs is 1. The van der Waals surface area contributed by atoms with Gasteiger partial charge in [-0.25, -0.2) is 0 Å². The van der Waals surface area contributed by atoms with E-state index in [0.29, 0.717) is 6.61 Å². The van der Waals surface area contributed by atoms with Gasteiger partial charge >= 0.3 is 0 Å².